The van der Waals surface area contributed by atoms with Gasteiger partial charge in [0.25, 0.3) is 0 Å². The van der Waals surface area contributed by atoms with Gasteiger partial charge in [0.15, 0.2) is 6.29 Å². The summed E-state index contributed by atoms with van der Waals surface area (Å²) in [7, 11) is 0. The van der Waals surface area contributed by atoms with Crippen molar-refractivity contribution in [1.82, 2.24) is 0 Å². The molecule has 0 fully saturated rings. The topological polar surface area (TPSA) is 40.9 Å². The zero-order chi connectivity index (χ0) is 13.5. The highest BCUT2D eigenvalue weighted by Gasteiger charge is 2.04. The molecule has 3 heteroatoms. The van der Waals surface area contributed by atoms with Crippen LogP contribution in [-0.2, 0) is 6.42 Å². The first-order valence-corrected chi connectivity index (χ1v) is 6.98. The van der Waals surface area contributed by atoms with Crippen LogP contribution >= 0.6 is 11.8 Å². The number of nitrogens with zero attached hydrogens (tertiary/aromatic N) is 1. The molecule has 0 amide bonds. The Bertz CT molecular complexity index is 602. The van der Waals surface area contributed by atoms with Crippen molar-refractivity contribution in [2.45, 2.75) is 11.3 Å². The first kappa shape index (κ1) is 13.4. The Balaban J connectivity index is 2.03. The maximum atomic E-state index is 11.0. The third kappa shape index (κ3) is 3.70. The first-order chi connectivity index (χ1) is 9.33. The molecule has 2 aromatic carbocycles. The minimum atomic E-state index is 0.591. The molecule has 0 aliphatic rings. The van der Waals surface area contributed by atoms with Crippen LogP contribution in [0, 0.1) is 11.3 Å². The minimum absolute atomic E-state index is 0.591. The van der Waals surface area contributed by atoms with E-state index in [-0.39, 0.29) is 0 Å². The molecule has 0 N–H and O–H groups in total. The van der Waals surface area contributed by atoms with Crippen molar-refractivity contribution in [3.05, 3.63) is 65.2 Å². The molecule has 0 aromatic heterocycles. The van der Waals surface area contributed by atoms with Crippen LogP contribution in [-0.4, -0.2) is 12.0 Å². The largest absolute Gasteiger partial charge is 0.298 e. The molecule has 0 radical (unpaired) electrons. The molecule has 0 aliphatic heterocycles. The fraction of sp³-hybridized carbons (Fsp3) is 0.125. The summed E-state index contributed by atoms with van der Waals surface area (Å²) in [5, 5.41) is 8.88. The van der Waals surface area contributed by atoms with Crippen LogP contribution in [0.5, 0.6) is 0 Å². The van der Waals surface area contributed by atoms with Gasteiger partial charge in [0.2, 0.25) is 0 Å². The van der Waals surface area contributed by atoms with Crippen LogP contribution in [0.25, 0.3) is 0 Å². The molecule has 0 spiro atoms. The number of thioether (sulfide) groups is 1. The quantitative estimate of drug-likeness (QED) is 0.612. The van der Waals surface area contributed by atoms with E-state index in [1.54, 1.807) is 30.0 Å². The third-order valence-electron chi connectivity index (χ3n) is 2.76. The monoisotopic (exact) mass is 267 g/mol. The van der Waals surface area contributed by atoms with Gasteiger partial charge < -0.3 is 0 Å². The Hall–Kier alpha value is -2.05. The zero-order valence-corrected chi connectivity index (χ0v) is 11.2. The molecule has 0 heterocycles. The first-order valence-electron chi connectivity index (χ1n) is 5.99. The molecule has 0 saturated heterocycles. The van der Waals surface area contributed by atoms with E-state index < -0.39 is 0 Å². The second-order valence-electron chi connectivity index (χ2n) is 4.07. The molecule has 2 rings (SSSR count). The average molecular weight is 267 g/mol. The number of nitriles is 1. The maximum absolute atomic E-state index is 11.0. The molecular formula is C16H13NOS. The van der Waals surface area contributed by atoms with Gasteiger partial charge in [-0.25, -0.2) is 0 Å². The SMILES string of the molecule is N#Cc1ccc(C=O)c(SCCc2ccccc2)c1. The summed E-state index contributed by atoms with van der Waals surface area (Å²) in [4.78, 5) is 11.8. The lowest BCUT2D eigenvalue weighted by molar-refractivity contribution is 0.112. The van der Waals surface area contributed by atoms with Crippen LogP contribution in [0.2, 0.25) is 0 Å². The fourth-order valence-electron chi connectivity index (χ4n) is 1.75. The summed E-state index contributed by atoms with van der Waals surface area (Å²) >= 11 is 1.61. The van der Waals surface area contributed by atoms with E-state index in [0.29, 0.717) is 11.1 Å². The number of aldehydes is 1. The number of aryl methyl sites for hydroxylation is 1. The summed E-state index contributed by atoms with van der Waals surface area (Å²) in [6, 6.07) is 17.5. The van der Waals surface area contributed by atoms with Gasteiger partial charge in [-0.1, -0.05) is 30.3 Å². The number of hydrogen-bond acceptors (Lipinski definition) is 3. The molecule has 0 aliphatic carbocycles. The Morgan fingerprint density at radius 1 is 1.16 bits per heavy atom. The smallest absolute Gasteiger partial charge is 0.151 e. The van der Waals surface area contributed by atoms with E-state index in [0.717, 1.165) is 23.4 Å². The molecule has 0 bridgehead atoms. The van der Waals surface area contributed by atoms with Crippen molar-refractivity contribution in [3.8, 4) is 6.07 Å². The van der Waals surface area contributed by atoms with Crippen LogP contribution < -0.4 is 0 Å². The van der Waals surface area contributed by atoms with E-state index in [4.69, 9.17) is 5.26 Å². The second-order valence-corrected chi connectivity index (χ2v) is 5.20. The number of rotatable bonds is 5. The van der Waals surface area contributed by atoms with E-state index in [1.165, 1.54) is 5.56 Å². The van der Waals surface area contributed by atoms with Crippen molar-refractivity contribution in [3.63, 3.8) is 0 Å². The summed E-state index contributed by atoms with van der Waals surface area (Å²) < 4.78 is 0. The Labute approximate surface area is 117 Å². The van der Waals surface area contributed by atoms with Crippen molar-refractivity contribution >= 4 is 18.0 Å². The molecule has 2 aromatic rings. The Morgan fingerprint density at radius 2 is 1.95 bits per heavy atom. The van der Waals surface area contributed by atoms with Crippen LogP contribution in [0.1, 0.15) is 21.5 Å². The van der Waals surface area contributed by atoms with Gasteiger partial charge in [-0.05, 0) is 30.2 Å². The van der Waals surface area contributed by atoms with Crippen molar-refractivity contribution in [1.29, 1.82) is 5.26 Å². The number of benzene rings is 2. The standard InChI is InChI=1S/C16H13NOS/c17-11-14-6-7-15(12-18)16(10-14)19-9-8-13-4-2-1-3-5-13/h1-7,10,12H,8-9H2. The van der Waals surface area contributed by atoms with Crippen LogP contribution in [0.4, 0.5) is 0 Å². The summed E-state index contributed by atoms with van der Waals surface area (Å²) in [6.07, 6.45) is 1.78. The number of hydrogen-bond donors (Lipinski definition) is 0. The van der Waals surface area contributed by atoms with E-state index >= 15 is 0 Å². The van der Waals surface area contributed by atoms with Crippen molar-refractivity contribution in [2.75, 3.05) is 5.75 Å². The zero-order valence-electron chi connectivity index (χ0n) is 10.4. The summed E-state index contributed by atoms with van der Waals surface area (Å²) in [6.45, 7) is 0. The lowest BCUT2D eigenvalue weighted by Crippen LogP contribution is -1.91. The lowest BCUT2D eigenvalue weighted by Gasteiger charge is -2.05. The molecule has 2 nitrogen and oxygen atoms in total. The molecule has 0 saturated carbocycles. The summed E-state index contributed by atoms with van der Waals surface area (Å²) in [5.74, 6) is 0.889. The molecule has 19 heavy (non-hydrogen) atoms. The normalized spacial score (nSPS) is 9.84. The number of carbonyl (C=O) groups is 1. The molecule has 0 unspecified atom stereocenters. The third-order valence-corrected chi connectivity index (χ3v) is 3.83. The van der Waals surface area contributed by atoms with E-state index in [2.05, 4.69) is 18.2 Å². The highest BCUT2D eigenvalue weighted by Crippen LogP contribution is 2.24. The van der Waals surface area contributed by atoms with Gasteiger partial charge in [-0.15, -0.1) is 11.8 Å². The van der Waals surface area contributed by atoms with Gasteiger partial charge in [-0.2, -0.15) is 5.26 Å². The van der Waals surface area contributed by atoms with E-state index in [1.807, 2.05) is 18.2 Å². The van der Waals surface area contributed by atoms with Gasteiger partial charge in [0, 0.05) is 16.2 Å². The van der Waals surface area contributed by atoms with Crippen LogP contribution in [0.15, 0.2) is 53.4 Å². The van der Waals surface area contributed by atoms with Gasteiger partial charge in [-0.3, -0.25) is 4.79 Å². The molecule has 94 valence electrons. The Kier molecular flexibility index (Phi) is 4.77. The minimum Gasteiger partial charge on any atom is -0.298 e. The summed E-state index contributed by atoms with van der Waals surface area (Å²) in [5.41, 5.74) is 2.52. The van der Waals surface area contributed by atoms with Gasteiger partial charge in [0.05, 0.1) is 11.6 Å². The Morgan fingerprint density at radius 3 is 2.63 bits per heavy atom. The van der Waals surface area contributed by atoms with Gasteiger partial charge in [0.1, 0.15) is 0 Å². The van der Waals surface area contributed by atoms with Crippen molar-refractivity contribution < 1.29 is 4.79 Å². The number of carbonyl (C=O) groups excluding carboxylic acids is 1. The predicted octanol–water partition coefficient (Wildman–Crippen LogP) is 3.71. The second kappa shape index (κ2) is 6.77. The lowest BCUT2D eigenvalue weighted by atomic mass is 10.2. The highest BCUT2D eigenvalue weighted by atomic mass is 32.2. The predicted molar refractivity (Wildman–Crippen MR) is 77.4 cm³/mol. The molecular weight excluding hydrogens is 254 g/mol. The van der Waals surface area contributed by atoms with Crippen molar-refractivity contribution in [2.24, 2.45) is 0 Å². The van der Waals surface area contributed by atoms with Gasteiger partial charge >= 0.3 is 0 Å². The fourth-order valence-corrected chi connectivity index (χ4v) is 2.80. The van der Waals surface area contributed by atoms with E-state index in [9.17, 15) is 4.79 Å². The average Bonchev–Trinajstić information content (AvgIpc) is 2.48. The van der Waals surface area contributed by atoms with Crippen LogP contribution in [0.3, 0.4) is 0 Å². The highest BCUT2D eigenvalue weighted by molar-refractivity contribution is 7.99. The maximum Gasteiger partial charge on any atom is 0.151 e. The molecule has 0 atom stereocenters.